The molecule has 4 N–H and O–H groups in total. The van der Waals surface area contributed by atoms with Crippen molar-refractivity contribution in [3.05, 3.63) is 76.8 Å². The highest BCUT2D eigenvalue weighted by Gasteiger charge is 2.03. The number of benzene rings is 1. The van der Waals surface area contributed by atoms with Gasteiger partial charge in [0, 0.05) is 23.7 Å². The number of carbonyl (C=O) groups excluding carboxylic acids is 2. The van der Waals surface area contributed by atoms with Gasteiger partial charge in [-0.05, 0) is 44.7 Å². The van der Waals surface area contributed by atoms with Crippen LogP contribution in [0.1, 0.15) is 89.7 Å². The van der Waals surface area contributed by atoms with Crippen molar-refractivity contribution in [2.45, 2.75) is 85.5 Å². The largest absolute Gasteiger partial charge is 0.512 e. The highest BCUT2D eigenvalue weighted by atomic mass is 35.5. The van der Waals surface area contributed by atoms with Gasteiger partial charge >= 0.3 is 5.97 Å². The molecule has 2 rings (SSSR count). The van der Waals surface area contributed by atoms with Gasteiger partial charge in [0.2, 0.25) is 5.91 Å². The van der Waals surface area contributed by atoms with E-state index >= 15 is 0 Å². The minimum Gasteiger partial charge on any atom is -0.512 e. The van der Waals surface area contributed by atoms with E-state index in [0.717, 1.165) is 18.9 Å². The lowest BCUT2D eigenvalue weighted by atomic mass is 10.2. The molecule has 224 valence electrons. The van der Waals surface area contributed by atoms with Crippen molar-refractivity contribution >= 4 is 35.8 Å². The van der Waals surface area contributed by atoms with E-state index in [1.807, 2.05) is 18.4 Å². The zero-order chi connectivity index (χ0) is 30.6. The summed E-state index contributed by atoms with van der Waals surface area (Å²) in [6, 6.07) is 8.28. The lowest BCUT2D eigenvalue weighted by Gasteiger charge is -2.01. The quantitative estimate of drug-likeness (QED) is 0.107. The third kappa shape index (κ3) is 27.7. The molecule has 0 bridgehead atoms. The van der Waals surface area contributed by atoms with E-state index in [1.54, 1.807) is 13.0 Å². The van der Waals surface area contributed by atoms with Crippen molar-refractivity contribution in [2.24, 2.45) is 10.7 Å². The minimum absolute atomic E-state index is 0.0680. The number of rotatable bonds is 11. The number of aryl methyl sites for hydroxylation is 1. The molecule has 0 radical (unpaired) electrons. The second kappa shape index (κ2) is 27.3. The van der Waals surface area contributed by atoms with Gasteiger partial charge in [-0.2, -0.15) is 0 Å². The Labute approximate surface area is 246 Å². The van der Waals surface area contributed by atoms with Crippen LogP contribution in [-0.2, 0) is 14.3 Å². The third-order valence-corrected chi connectivity index (χ3v) is 5.32. The molecule has 1 aromatic rings. The third-order valence-electron chi connectivity index (χ3n) is 5.17. The summed E-state index contributed by atoms with van der Waals surface area (Å²) in [4.78, 5) is 25.7. The Bertz CT molecular complexity index is 943. The Kier molecular flexibility index (Phi) is 26.5. The number of amides is 1. The first-order chi connectivity index (χ1) is 19.1. The van der Waals surface area contributed by atoms with Crippen LogP contribution in [0.25, 0.3) is 6.08 Å². The van der Waals surface area contributed by atoms with E-state index in [2.05, 4.69) is 66.7 Å². The predicted molar refractivity (Wildman–Crippen MR) is 170 cm³/mol. The fraction of sp³-hybridized carbons (Fsp3) is 0.469. The molecule has 0 fully saturated rings. The smallest absolute Gasteiger partial charge is 0.325 e. The van der Waals surface area contributed by atoms with Crippen LogP contribution in [0, 0.1) is 6.92 Å². The maximum atomic E-state index is 11.2. The maximum absolute atomic E-state index is 11.2. The first kappa shape index (κ1) is 38.8. The number of ether oxygens (including phenoxy) is 1. The number of hydrogen-bond donors (Lipinski definition) is 3. The van der Waals surface area contributed by atoms with Gasteiger partial charge in [-0.1, -0.05) is 106 Å². The van der Waals surface area contributed by atoms with Gasteiger partial charge in [-0.3, -0.25) is 9.59 Å². The molecule has 8 heteroatoms. The van der Waals surface area contributed by atoms with Crippen molar-refractivity contribution in [2.75, 3.05) is 13.7 Å². The predicted octanol–water partition coefficient (Wildman–Crippen LogP) is 7.91. The maximum Gasteiger partial charge on any atom is 0.325 e. The Morgan fingerprint density at radius 1 is 1.15 bits per heavy atom. The number of methoxy groups -OCH3 is 1. The van der Waals surface area contributed by atoms with Crippen molar-refractivity contribution < 1.29 is 19.4 Å². The molecule has 1 amide bonds. The normalized spacial score (nSPS) is 12.2. The van der Waals surface area contributed by atoms with Crippen LogP contribution in [0.15, 0.2) is 70.7 Å². The first-order valence-corrected chi connectivity index (χ1v) is 14.2. The van der Waals surface area contributed by atoms with Crippen LogP contribution in [0.2, 0.25) is 0 Å². The second-order valence-electron chi connectivity index (χ2n) is 8.95. The molecule has 0 atom stereocenters. The zero-order valence-corrected chi connectivity index (χ0v) is 25.8. The van der Waals surface area contributed by atoms with Crippen LogP contribution in [0.5, 0.6) is 0 Å². The molecule has 0 saturated carbocycles. The molecular weight excluding hydrogens is 526 g/mol. The van der Waals surface area contributed by atoms with Crippen molar-refractivity contribution in [1.82, 2.24) is 5.32 Å². The summed E-state index contributed by atoms with van der Waals surface area (Å²) in [5.74, 6) is -0.501. The summed E-state index contributed by atoms with van der Waals surface area (Å²) < 4.78 is 4.34. The van der Waals surface area contributed by atoms with Crippen LogP contribution in [0.3, 0.4) is 0 Å². The summed E-state index contributed by atoms with van der Waals surface area (Å²) in [5.41, 5.74) is 7.77. The summed E-state index contributed by atoms with van der Waals surface area (Å²) in [5, 5.41) is 12.3. The standard InChI is InChI=1S/C11H16ClNO4.C9H10.C7H16.C5H8N2/c1-8(12)4-3-5-9(14)6-10(15)13-7-11(16)17-2;1-3-9-6-4-8(2)5-7-9;1-3-5-7-6-4-2;6-5-3-1-2-4-7-5/h4,6,14H,3,5,7H2,1-2H3,(H,13,15);3-7H,1H2,2H3;3-7H2,1-2H3;3-4H,1-2,6H2/b8-4+,9-6-;;;. The number of allylic oxidation sites excluding steroid dienone is 4. The highest BCUT2D eigenvalue weighted by Crippen LogP contribution is 2.07. The molecule has 1 aliphatic heterocycles. The number of aliphatic imine (C=N–C) groups is 1. The van der Waals surface area contributed by atoms with Crippen LogP contribution >= 0.6 is 11.6 Å². The SMILES string of the molecule is C=Cc1ccc(C)cc1.CCCCCCC.COC(=O)CNC(=O)/C=C(\O)CC/C=C(\C)Cl.NC1=CCCC=N1. The van der Waals surface area contributed by atoms with Gasteiger partial charge in [0.05, 0.1) is 12.9 Å². The number of aliphatic hydroxyl groups excluding tert-OH is 1. The van der Waals surface area contributed by atoms with Gasteiger partial charge in [-0.25, -0.2) is 4.99 Å². The highest BCUT2D eigenvalue weighted by molar-refractivity contribution is 6.29. The molecule has 1 aliphatic rings. The number of carbonyl (C=O) groups is 2. The van der Waals surface area contributed by atoms with Crippen molar-refractivity contribution in [3.63, 3.8) is 0 Å². The average Bonchev–Trinajstić information content (AvgIpc) is 2.94. The molecular formula is C32H50ClN3O4. The first-order valence-electron chi connectivity index (χ1n) is 13.8. The lowest BCUT2D eigenvalue weighted by Crippen LogP contribution is -2.28. The summed E-state index contributed by atoms with van der Waals surface area (Å²) in [6.07, 6.45) is 18.3. The van der Waals surface area contributed by atoms with E-state index < -0.39 is 11.9 Å². The van der Waals surface area contributed by atoms with Crippen LogP contribution in [0.4, 0.5) is 0 Å². The molecule has 0 unspecified atom stereocenters. The zero-order valence-electron chi connectivity index (χ0n) is 25.0. The number of nitrogens with one attached hydrogen (secondary N) is 1. The molecule has 0 saturated heterocycles. The molecule has 0 spiro atoms. The number of esters is 1. The number of unbranched alkanes of at least 4 members (excludes halogenated alkanes) is 4. The van der Waals surface area contributed by atoms with Crippen molar-refractivity contribution in [1.29, 1.82) is 0 Å². The lowest BCUT2D eigenvalue weighted by molar-refractivity contribution is -0.140. The Morgan fingerprint density at radius 3 is 2.20 bits per heavy atom. The molecule has 0 aliphatic carbocycles. The molecule has 7 nitrogen and oxygen atoms in total. The number of halogens is 1. The Balaban J connectivity index is 0. The molecule has 40 heavy (non-hydrogen) atoms. The Hall–Kier alpha value is -3.32. The molecule has 0 aromatic heterocycles. The number of aliphatic hydroxyl groups is 1. The average molecular weight is 576 g/mol. The van der Waals surface area contributed by atoms with E-state index in [1.165, 1.54) is 50.3 Å². The molecule has 1 aromatic carbocycles. The fourth-order valence-electron chi connectivity index (χ4n) is 2.83. The molecule has 1 heterocycles. The number of nitrogens with two attached hydrogens (primary N) is 1. The van der Waals surface area contributed by atoms with E-state index in [9.17, 15) is 14.7 Å². The van der Waals surface area contributed by atoms with E-state index in [0.29, 0.717) is 23.7 Å². The Morgan fingerprint density at radius 2 is 1.77 bits per heavy atom. The fourth-order valence-corrected chi connectivity index (χ4v) is 2.94. The van der Waals surface area contributed by atoms with Gasteiger partial charge in [0.25, 0.3) is 0 Å². The van der Waals surface area contributed by atoms with Gasteiger partial charge in [0.15, 0.2) is 0 Å². The number of hydrogen-bond acceptors (Lipinski definition) is 6. The van der Waals surface area contributed by atoms with Gasteiger partial charge in [0.1, 0.15) is 12.4 Å². The van der Waals surface area contributed by atoms with Crippen LogP contribution < -0.4 is 11.1 Å². The minimum atomic E-state index is -0.549. The van der Waals surface area contributed by atoms with Crippen molar-refractivity contribution in [3.8, 4) is 0 Å². The topological polar surface area (TPSA) is 114 Å². The van der Waals surface area contributed by atoms with Gasteiger partial charge < -0.3 is 20.9 Å². The van der Waals surface area contributed by atoms with Crippen LogP contribution in [-0.4, -0.2) is 36.9 Å². The van der Waals surface area contributed by atoms with Gasteiger partial charge in [-0.15, -0.1) is 0 Å². The second-order valence-corrected chi connectivity index (χ2v) is 9.55. The summed E-state index contributed by atoms with van der Waals surface area (Å²) >= 11 is 5.60. The number of nitrogens with zero attached hydrogens (tertiary/aromatic N) is 1. The summed E-state index contributed by atoms with van der Waals surface area (Å²) in [7, 11) is 1.22. The van der Waals surface area contributed by atoms with E-state index in [-0.39, 0.29) is 12.3 Å². The van der Waals surface area contributed by atoms with E-state index in [4.69, 9.17) is 17.3 Å². The summed E-state index contributed by atoms with van der Waals surface area (Å²) in [6.45, 7) is 11.7. The monoisotopic (exact) mass is 575 g/mol.